The first-order valence-corrected chi connectivity index (χ1v) is 4.73. The van der Waals surface area contributed by atoms with E-state index in [2.05, 4.69) is 5.32 Å². The van der Waals surface area contributed by atoms with Crippen LogP contribution in [0.25, 0.3) is 0 Å². The van der Waals surface area contributed by atoms with Gasteiger partial charge in [-0.3, -0.25) is 4.79 Å². The largest absolute Gasteiger partial charge is 0.379 e. The van der Waals surface area contributed by atoms with Gasteiger partial charge in [0.1, 0.15) is 0 Å². The number of hydrogen-bond donors (Lipinski definition) is 1. The van der Waals surface area contributed by atoms with Gasteiger partial charge in [0.15, 0.2) is 0 Å². The molecule has 1 amide bonds. The smallest absolute Gasteiger partial charge is 0.239 e. The fourth-order valence-electron chi connectivity index (χ4n) is 2.13. The average Bonchev–Trinajstić information content (AvgIpc) is 2.59. The monoisotopic (exact) mass is 184 g/mol. The molecule has 0 aromatic carbocycles. The van der Waals surface area contributed by atoms with Gasteiger partial charge in [0, 0.05) is 26.1 Å². The van der Waals surface area contributed by atoms with E-state index in [0.717, 1.165) is 19.6 Å². The molecule has 0 aliphatic carbocycles. The molecule has 2 aliphatic heterocycles. The van der Waals surface area contributed by atoms with Crippen molar-refractivity contribution in [2.75, 3.05) is 27.3 Å². The third kappa shape index (κ3) is 1.56. The first-order valence-electron chi connectivity index (χ1n) is 4.73. The summed E-state index contributed by atoms with van der Waals surface area (Å²) < 4.78 is 5.31. The molecule has 0 aromatic rings. The van der Waals surface area contributed by atoms with Crippen LogP contribution in [0.1, 0.15) is 6.42 Å². The van der Waals surface area contributed by atoms with Crippen molar-refractivity contribution in [1.29, 1.82) is 0 Å². The van der Waals surface area contributed by atoms with Crippen molar-refractivity contribution in [2.24, 2.45) is 5.92 Å². The highest BCUT2D eigenvalue weighted by atomic mass is 16.5. The van der Waals surface area contributed by atoms with Crippen molar-refractivity contribution < 1.29 is 9.53 Å². The van der Waals surface area contributed by atoms with Crippen LogP contribution < -0.4 is 5.32 Å². The normalized spacial score (nSPS) is 37.5. The zero-order chi connectivity index (χ0) is 9.42. The number of nitrogens with zero attached hydrogens (tertiary/aromatic N) is 1. The quantitative estimate of drug-likeness (QED) is 0.594. The molecule has 0 saturated carbocycles. The molecule has 4 heteroatoms. The third-order valence-electron chi connectivity index (χ3n) is 2.89. The third-order valence-corrected chi connectivity index (χ3v) is 2.89. The molecule has 3 atom stereocenters. The summed E-state index contributed by atoms with van der Waals surface area (Å²) in [6, 6.07) is 0.433. The van der Waals surface area contributed by atoms with E-state index in [1.807, 2.05) is 0 Å². The lowest BCUT2D eigenvalue weighted by atomic mass is 10.0. The highest BCUT2D eigenvalue weighted by Gasteiger charge is 2.40. The summed E-state index contributed by atoms with van der Waals surface area (Å²) in [6.07, 6.45) is 0.932. The van der Waals surface area contributed by atoms with Crippen LogP contribution >= 0.6 is 0 Å². The molecule has 0 bridgehead atoms. The van der Waals surface area contributed by atoms with Gasteiger partial charge in [-0.1, -0.05) is 0 Å². The Morgan fingerprint density at radius 1 is 1.46 bits per heavy atom. The molecule has 2 heterocycles. The van der Waals surface area contributed by atoms with Crippen molar-refractivity contribution in [2.45, 2.75) is 18.5 Å². The zero-order valence-electron chi connectivity index (χ0n) is 8.12. The number of ether oxygens (including phenoxy) is 1. The maximum atomic E-state index is 11.6. The van der Waals surface area contributed by atoms with E-state index in [1.54, 1.807) is 19.0 Å². The second kappa shape index (κ2) is 3.27. The molecule has 4 nitrogen and oxygen atoms in total. The van der Waals surface area contributed by atoms with E-state index >= 15 is 0 Å². The Kier molecular flexibility index (Phi) is 2.26. The topological polar surface area (TPSA) is 41.6 Å². The SMILES string of the molecule is CN(C)C(=O)[C@@H]1C[C@H]2COC[C@H]2N1. The van der Waals surface area contributed by atoms with Crippen LogP contribution in [0.3, 0.4) is 0 Å². The molecule has 0 aromatic heterocycles. The second-order valence-electron chi connectivity index (χ2n) is 4.09. The molecule has 2 fully saturated rings. The van der Waals surface area contributed by atoms with Crippen molar-refractivity contribution in [1.82, 2.24) is 10.2 Å². The molecule has 0 unspecified atom stereocenters. The first kappa shape index (κ1) is 8.97. The molecule has 0 radical (unpaired) electrons. The van der Waals surface area contributed by atoms with E-state index in [4.69, 9.17) is 4.74 Å². The van der Waals surface area contributed by atoms with Crippen LogP contribution in [0.4, 0.5) is 0 Å². The molecule has 13 heavy (non-hydrogen) atoms. The lowest BCUT2D eigenvalue weighted by molar-refractivity contribution is -0.130. The fraction of sp³-hybridized carbons (Fsp3) is 0.889. The van der Waals surface area contributed by atoms with Gasteiger partial charge in [-0.25, -0.2) is 0 Å². The van der Waals surface area contributed by atoms with Crippen LogP contribution in [0, 0.1) is 5.92 Å². The Bertz CT molecular complexity index is 206. The zero-order valence-corrected chi connectivity index (χ0v) is 8.12. The van der Waals surface area contributed by atoms with Gasteiger partial charge in [-0.15, -0.1) is 0 Å². The number of fused-ring (bicyclic) bond motifs is 1. The predicted octanol–water partition coefficient (Wildman–Crippen LogP) is -0.548. The van der Waals surface area contributed by atoms with E-state index < -0.39 is 0 Å². The van der Waals surface area contributed by atoms with Gasteiger partial charge in [-0.2, -0.15) is 0 Å². The lowest BCUT2D eigenvalue weighted by Crippen LogP contribution is -2.42. The van der Waals surface area contributed by atoms with Crippen LogP contribution in [-0.4, -0.2) is 50.2 Å². The number of nitrogens with one attached hydrogen (secondary N) is 1. The summed E-state index contributed by atoms with van der Waals surface area (Å²) in [6.45, 7) is 1.58. The summed E-state index contributed by atoms with van der Waals surface area (Å²) in [5, 5.41) is 3.32. The highest BCUT2D eigenvalue weighted by Crippen LogP contribution is 2.26. The summed E-state index contributed by atoms with van der Waals surface area (Å²) in [5.41, 5.74) is 0. The van der Waals surface area contributed by atoms with Crippen molar-refractivity contribution >= 4 is 5.91 Å². The van der Waals surface area contributed by atoms with Gasteiger partial charge in [0.05, 0.1) is 19.3 Å². The molecular formula is C9H16N2O2. The predicted molar refractivity (Wildman–Crippen MR) is 48.3 cm³/mol. The number of amides is 1. The molecule has 2 rings (SSSR count). The lowest BCUT2D eigenvalue weighted by Gasteiger charge is -2.17. The molecule has 2 saturated heterocycles. The first-order chi connectivity index (χ1) is 6.18. The van der Waals surface area contributed by atoms with E-state index in [0.29, 0.717) is 12.0 Å². The minimum atomic E-state index is 0.0221. The number of likely N-dealkylation sites (N-methyl/N-ethyl adjacent to an activating group) is 1. The van der Waals surface area contributed by atoms with Crippen LogP contribution in [-0.2, 0) is 9.53 Å². The Morgan fingerprint density at radius 2 is 2.23 bits per heavy atom. The minimum absolute atomic E-state index is 0.0221. The number of carbonyl (C=O) groups is 1. The maximum Gasteiger partial charge on any atom is 0.239 e. The second-order valence-corrected chi connectivity index (χ2v) is 4.09. The Labute approximate surface area is 78.2 Å². The molecular weight excluding hydrogens is 168 g/mol. The number of carbonyl (C=O) groups excluding carboxylic acids is 1. The van der Waals surface area contributed by atoms with Gasteiger partial charge >= 0.3 is 0 Å². The van der Waals surface area contributed by atoms with Crippen molar-refractivity contribution in [3.05, 3.63) is 0 Å². The molecule has 2 aliphatic rings. The van der Waals surface area contributed by atoms with E-state index in [1.165, 1.54) is 0 Å². The Balaban J connectivity index is 1.95. The maximum absolute atomic E-state index is 11.6. The molecule has 1 N–H and O–H groups in total. The Morgan fingerprint density at radius 3 is 2.85 bits per heavy atom. The van der Waals surface area contributed by atoms with Gasteiger partial charge in [0.2, 0.25) is 5.91 Å². The van der Waals surface area contributed by atoms with Gasteiger partial charge < -0.3 is 15.0 Å². The Hall–Kier alpha value is -0.610. The highest BCUT2D eigenvalue weighted by molar-refractivity contribution is 5.81. The average molecular weight is 184 g/mol. The summed E-state index contributed by atoms with van der Waals surface area (Å²) in [7, 11) is 3.60. The summed E-state index contributed by atoms with van der Waals surface area (Å²) in [4.78, 5) is 13.3. The van der Waals surface area contributed by atoms with E-state index in [9.17, 15) is 4.79 Å². The van der Waals surface area contributed by atoms with Crippen LogP contribution in [0.2, 0.25) is 0 Å². The summed E-state index contributed by atoms with van der Waals surface area (Å²) in [5.74, 6) is 0.739. The number of hydrogen-bond acceptors (Lipinski definition) is 3. The van der Waals surface area contributed by atoms with Gasteiger partial charge in [0.25, 0.3) is 0 Å². The standard InChI is InChI=1S/C9H16N2O2/c1-11(2)9(12)7-3-6-4-13-5-8(6)10-7/h6-8,10H,3-5H2,1-2H3/t6-,7-,8+/m0/s1. The van der Waals surface area contributed by atoms with Crippen LogP contribution in [0.15, 0.2) is 0 Å². The number of rotatable bonds is 1. The summed E-state index contributed by atoms with van der Waals surface area (Å²) >= 11 is 0. The van der Waals surface area contributed by atoms with Gasteiger partial charge in [-0.05, 0) is 6.42 Å². The minimum Gasteiger partial charge on any atom is -0.379 e. The molecule has 0 spiro atoms. The van der Waals surface area contributed by atoms with Crippen molar-refractivity contribution in [3.8, 4) is 0 Å². The van der Waals surface area contributed by atoms with Crippen molar-refractivity contribution in [3.63, 3.8) is 0 Å². The molecule has 74 valence electrons. The fourth-order valence-corrected chi connectivity index (χ4v) is 2.13. The van der Waals surface area contributed by atoms with E-state index in [-0.39, 0.29) is 11.9 Å². The van der Waals surface area contributed by atoms with Crippen LogP contribution in [0.5, 0.6) is 0 Å².